The van der Waals surface area contributed by atoms with E-state index in [-0.39, 0.29) is 24.8 Å². The van der Waals surface area contributed by atoms with Gasteiger partial charge in [0.2, 0.25) is 11.8 Å². The first kappa shape index (κ1) is 26.9. The summed E-state index contributed by atoms with van der Waals surface area (Å²) in [4.78, 5) is 46.7. The summed E-state index contributed by atoms with van der Waals surface area (Å²) in [5, 5.41) is 14.8. The van der Waals surface area contributed by atoms with Crippen LogP contribution in [0.3, 0.4) is 0 Å². The molecule has 0 aromatic carbocycles. The fourth-order valence-corrected chi connectivity index (χ4v) is 2.81. The number of amides is 2. The minimum atomic E-state index is -0.900. The van der Waals surface area contributed by atoms with Gasteiger partial charge in [-0.25, -0.2) is 9.97 Å². The van der Waals surface area contributed by atoms with Gasteiger partial charge in [-0.3, -0.25) is 19.3 Å². The molecule has 0 radical (unpaired) electrons. The molecule has 2 heterocycles. The highest BCUT2D eigenvalue weighted by atomic mass is 16.4. The number of aliphatic carboxylic acids is 1. The number of rotatable bonds is 9. The van der Waals surface area contributed by atoms with Crippen LogP contribution in [0.5, 0.6) is 0 Å². The Morgan fingerprint density at radius 1 is 0.794 bits per heavy atom. The molecule has 0 aliphatic heterocycles. The highest BCUT2D eigenvalue weighted by Crippen LogP contribution is 2.19. The van der Waals surface area contributed by atoms with E-state index in [1.54, 1.807) is 24.3 Å². The summed E-state index contributed by atoms with van der Waals surface area (Å²) in [6.07, 6.45) is -0.0408. The van der Waals surface area contributed by atoms with Gasteiger partial charge in [0, 0.05) is 30.5 Å². The minimum Gasteiger partial charge on any atom is -0.481 e. The fourth-order valence-electron chi connectivity index (χ4n) is 2.81. The Hall–Kier alpha value is -3.33. The van der Waals surface area contributed by atoms with E-state index < -0.39 is 16.8 Å². The Labute approximate surface area is 201 Å². The second-order valence-corrected chi connectivity index (χ2v) is 10.3. The Balaban J connectivity index is 2.17. The third-order valence-corrected chi connectivity index (χ3v) is 4.87. The molecule has 2 rings (SSSR count). The summed E-state index contributed by atoms with van der Waals surface area (Å²) in [5.41, 5.74) is 0.276. The van der Waals surface area contributed by atoms with Crippen LogP contribution in [0.2, 0.25) is 0 Å². The number of carboxylic acids is 1. The quantitative estimate of drug-likeness (QED) is 0.508. The lowest BCUT2D eigenvalue weighted by atomic mass is 9.96. The van der Waals surface area contributed by atoms with Crippen molar-refractivity contribution in [2.75, 3.05) is 17.2 Å². The maximum absolute atomic E-state index is 12.3. The van der Waals surface area contributed by atoms with E-state index in [9.17, 15) is 19.5 Å². The molecule has 0 aliphatic carbocycles. The summed E-state index contributed by atoms with van der Waals surface area (Å²) in [7, 11) is 0. The molecule has 184 valence electrons. The zero-order valence-corrected chi connectivity index (χ0v) is 20.8. The third-order valence-electron chi connectivity index (χ3n) is 4.87. The molecule has 0 unspecified atom stereocenters. The molecule has 0 aliphatic rings. The van der Waals surface area contributed by atoms with E-state index in [1.165, 1.54) is 0 Å². The van der Waals surface area contributed by atoms with Crippen molar-refractivity contribution >= 4 is 29.4 Å². The number of carboxylic acid groups (broad SMARTS) is 1. The number of hydrogen-bond donors (Lipinski definition) is 3. The van der Waals surface area contributed by atoms with Crippen LogP contribution < -0.4 is 10.6 Å². The van der Waals surface area contributed by atoms with Crippen molar-refractivity contribution in [2.45, 2.75) is 61.1 Å². The van der Waals surface area contributed by atoms with Crippen molar-refractivity contribution in [1.29, 1.82) is 0 Å². The van der Waals surface area contributed by atoms with Gasteiger partial charge in [-0.2, -0.15) is 0 Å². The summed E-state index contributed by atoms with van der Waals surface area (Å²) in [6.45, 7) is 12.0. The standard InChI is InChI=1S/C25H35N5O4/c1-24(2,3)22(33)28-19-11-7-9-17(26-19)15-30(14-13-21(31)32)16-18-10-8-12-20(27-18)29-23(34)25(4,5)6/h7-12H,13-16H2,1-6H3,(H,31,32)(H,26,28,33)(H,27,29,34). The van der Waals surface area contributed by atoms with Crippen molar-refractivity contribution in [3.8, 4) is 0 Å². The molecule has 34 heavy (non-hydrogen) atoms. The highest BCUT2D eigenvalue weighted by Gasteiger charge is 2.23. The van der Waals surface area contributed by atoms with Crippen molar-refractivity contribution in [1.82, 2.24) is 14.9 Å². The molecular weight excluding hydrogens is 434 g/mol. The summed E-state index contributed by atoms with van der Waals surface area (Å²) in [5.74, 6) is -0.291. The molecule has 0 spiro atoms. The number of hydrogen-bond acceptors (Lipinski definition) is 6. The molecule has 0 saturated heterocycles. The predicted molar refractivity (Wildman–Crippen MR) is 131 cm³/mol. The van der Waals surface area contributed by atoms with Gasteiger partial charge in [-0.15, -0.1) is 0 Å². The van der Waals surface area contributed by atoms with Crippen LogP contribution >= 0.6 is 0 Å². The van der Waals surface area contributed by atoms with Gasteiger partial charge in [0.1, 0.15) is 11.6 Å². The van der Waals surface area contributed by atoms with E-state index >= 15 is 0 Å². The van der Waals surface area contributed by atoms with Gasteiger partial charge in [0.05, 0.1) is 17.8 Å². The second-order valence-electron chi connectivity index (χ2n) is 10.3. The lowest BCUT2D eigenvalue weighted by Gasteiger charge is -2.22. The topological polar surface area (TPSA) is 125 Å². The average molecular weight is 470 g/mol. The first-order valence-corrected chi connectivity index (χ1v) is 11.2. The van der Waals surface area contributed by atoms with E-state index in [1.807, 2.05) is 58.6 Å². The van der Waals surface area contributed by atoms with Crippen LogP contribution in [0.1, 0.15) is 59.4 Å². The smallest absolute Gasteiger partial charge is 0.304 e. The lowest BCUT2D eigenvalue weighted by molar-refractivity contribution is -0.137. The fraction of sp³-hybridized carbons (Fsp3) is 0.480. The molecule has 0 atom stereocenters. The largest absolute Gasteiger partial charge is 0.481 e. The molecule has 2 aromatic heterocycles. The molecule has 0 saturated carbocycles. The maximum atomic E-state index is 12.3. The van der Waals surface area contributed by atoms with E-state index in [4.69, 9.17) is 0 Å². The lowest BCUT2D eigenvalue weighted by Crippen LogP contribution is -2.29. The second kappa shape index (κ2) is 11.2. The van der Waals surface area contributed by atoms with Crippen LogP contribution in [0.25, 0.3) is 0 Å². The molecular formula is C25H35N5O4. The normalized spacial score (nSPS) is 11.9. The van der Waals surface area contributed by atoms with Gasteiger partial charge in [0.15, 0.2) is 0 Å². The SMILES string of the molecule is CC(C)(C)C(=O)Nc1cccc(CN(CCC(=O)O)Cc2cccc(NC(=O)C(C)(C)C)n2)n1. The van der Waals surface area contributed by atoms with Crippen LogP contribution in [0, 0.1) is 10.8 Å². The first-order valence-electron chi connectivity index (χ1n) is 11.2. The number of nitrogens with zero attached hydrogens (tertiary/aromatic N) is 3. The number of anilines is 2. The first-order chi connectivity index (χ1) is 15.7. The average Bonchev–Trinajstić information content (AvgIpc) is 2.71. The Morgan fingerprint density at radius 2 is 1.21 bits per heavy atom. The van der Waals surface area contributed by atoms with Crippen molar-refractivity contribution in [3.05, 3.63) is 47.8 Å². The van der Waals surface area contributed by atoms with Crippen molar-refractivity contribution < 1.29 is 19.5 Å². The molecule has 2 aromatic rings. The van der Waals surface area contributed by atoms with Gasteiger partial charge < -0.3 is 15.7 Å². The van der Waals surface area contributed by atoms with E-state index in [0.717, 1.165) is 0 Å². The summed E-state index contributed by atoms with van der Waals surface area (Å²) >= 11 is 0. The Kier molecular flexibility index (Phi) is 8.86. The molecule has 9 heteroatoms. The Bertz CT molecular complexity index is 951. The zero-order valence-electron chi connectivity index (χ0n) is 20.8. The van der Waals surface area contributed by atoms with Crippen LogP contribution in [-0.2, 0) is 27.5 Å². The van der Waals surface area contributed by atoms with Crippen molar-refractivity contribution in [3.63, 3.8) is 0 Å². The van der Waals surface area contributed by atoms with Crippen LogP contribution in [0.4, 0.5) is 11.6 Å². The van der Waals surface area contributed by atoms with Gasteiger partial charge >= 0.3 is 5.97 Å². The zero-order chi connectivity index (χ0) is 25.5. The number of aromatic nitrogens is 2. The van der Waals surface area contributed by atoms with Gasteiger partial charge in [0.25, 0.3) is 0 Å². The molecule has 0 fully saturated rings. The number of carbonyl (C=O) groups excluding carboxylic acids is 2. The molecule has 2 amide bonds. The van der Waals surface area contributed by atoms with Gasteiger partial charge in [-0.05, 0) is 24.3 Å². The number of nitrogens with one attached hydrogen (secondary N) is 2. The molecule has 9 nitrogen and oxygen atoms in total. The van der Waals surface area contributed by atoms with Crippen LogP contribution in [0.15, 0.2) is 36.4 Å². The maximum Gasteiger partial charge on any atom is 0.304 e. The van der Waals surface area contributed by atoms with Gasteiger partial charge in [-0.1, -0.05) is 53.7 Å². The molecule has 3 N–H and O–H groups in total. The van der Waals surface area contributed by atoms with E-state index in [0.29, 0.717) is 36.1 Å². The predicted octanol–water partition coefficient (Wildman–Crippen LogP) is 3.92. The monoisotopic (exact) mass is 469 g/mol. The Morgan fingerprint density at radius 3 is 1.56 bits per heavy atom. The highest BCUT2D eigenvalue weighted by molar-refractivity contribution is 5.94. The summed E-state index contributed by atoms with van der Waals surface area (Å²) in [6, 6.07) is 10.7. The number of pyridine rings is 2. The minimum absolute atomic E-state index is 0.0408. The van der Waals surface area contributed by atoms with Crippen LogP contribution in [-0.4, -0.2) is 44.3 Å². The third kappa shape index (κ3) is 8.90. The summed E-state index contributed by atoms with van der Waals surface area (Å²) < 4.78 is 0. The van der Waals surface area contributed by atoms with E-state index in [2.05, 4.69) is 20.6 Å². The van der Waals surface area contributed by atoms with Crippen molar-refractivity contribution in [2.24, 2.45) is 10.8 Å². The molecule has 0 bridgehead atoms. The number of carbonyl (C=O) groups is 3.